The molecule has 0 saturated heterocycles. The number of hydrogen-bond donors (Lipinski definition) is 1. The minimum absolute atomic E-state index is 0.0130. The largest absolute Gasteiger partial charge is 0.327 e. The third-order valence-corrected chi connectivity index (χ3v) is 2.68. The summed E-state index contributed by atoms with van der Waals surface area (Å²) in [6, 6.07) is 1.56. The van der Waals surface area contributed by atoms with Gasteiger partial charge in [-0.05, 0) is 11.6 Å². The molecular weight excluding hydrogens is 242 g/mol. The average Bonchev–Trinajstić information content (AvgIpc) is 2.56. The van der Waals surface area contributed by atoms with Crippen molar-refractivity contribution in [2.75, 3.05) is 18.0 Å². The first kappa shape index (κ1) is 12.4. The number of Topliss-reactive ketones (excluding diaryl/α,β-unsaturated/α-hetero) is 1. The minimum atomic E-state index is -1.16. The van der Waals surface area contributed by atoms with E-state index in [4.69, 9.17) is 5.73 Å². The summed E-state index contributed by atoms with van der Waals surface area (Å²) < 4.78 is 26.2. The van der Waals surface area contributed by atoms with E-state index in [-0.39, 0.29) is 24.3 Å². The van der Waals surface area contributed by atoms with Gasteiger partial charge in [-0.2, -0.15) is 0 Å². The second kappa shape index (κ2) is 4.30. The molecule has 0 aromatic heterocycles. The zero-order valence-corrected chi connectivity index (χ0v) is 9.37. The Morgan fingerprint density at radius 2 is 1.89 bits per heavy atom. The van der Waals surface area contributed by atoms with E-state index < -0.39 is 23.3 Å². The lowest BCUT2D eigenvalue weighted by Gasteiger charge is -2.17. The van der Waals surface area contributed by atoms with E-state index in [0.29, 0.717) is 5.57 Å². The molecule has 0 spiro atoms. The molecule has 1 amide bonds. The van der Waals surface area contributed by atoms with Gasteiger partial charge in [-0.15, -0.1) is 0 Å². The van der Waals surface area contributed by atoms with Gasteiger partial charge in [0.1, 0.15) is 0 Å². The van der Waals surface area contributed by atoms with Crippen LogP contribution >= 0.6 is 0 Å². The van der Waals surface area contributed by atoms with Crippen LogP contribution in [-0.2, 0) is 4.79 Å². The molecule has 6 heteroatoms. The van der Waals surface area contributed by atoms with Gasteiger partial charge in [0.25, 0.3) is 11.7 Å². The van der Waals surface area contributed by atoms with Crippen molar-refractivity contribution in [1.82, 2.24) is 0 Å². The number of nitrogens with zero attached hydrogens (tertiary/aromatic N) is 1. The van der Waals surface area contributed by atoms with E-state index in [1.54, 1.807) is 0 Å². The third-order valence-electron chi connectivity index (χ3n) is 2.68. The van der Waals surface area contributed by atoms with E-state index in [0.717, 1.165) is 17.0 Å². The Morgan fingerprint density at radius 3 is 2.50 bits per heavy atom. The highest BCUT2D eigenvalue weighted by Gasteiger charge is 2.37. The van der Waals surface area contributed by atoms with Crippen molar-refractivity contribution in [2.24, 2.45) is 5.73 Å². The van der Waals surface area contributed by atoms with Crippen molar-refractivity contribution < 1.29 is 18.4 Å². The first-order valence-electron chi connectivity index (χ1n) is 5.17. The molecule has 4 nitrogen and oxygen atoms in total. The maximum Gasteiger partial charge on any atom is 0.299 e. The first-order valence-corrected chi connectivity index (χ1v) is 5.17. The van der Waals surface area contributed by atoms with E-state index in [1.165, 1.54) is 0 Å². The SMILES string of the molecule is C=C(CN)CN1C(=O)C(=O)c2cc(F)c(F)cc21. The molecule has 1 aliphatic rings. The molecule has 2 N–H and O–H groups in total. The molecule has 1 aromatic rings. The summed E-state index contributed by atoms with van der Waals surface area (Å²) in [4.78, 5) is 24.3. The van der Waals surface area contributed by atoms with Crippen LogP contribution in [0.3, 0.4) is 0 Å². The smallest absolute Gasteiger partial charge is 0.299 e. The predicted octanol–water partition coefficient (Wildman–Crippen LogP) is 1.01. The van der Waals surface area contributed by atoms with Crippen molar-refractivity contribution >= 4 is 17.4 Å². The molecular formula is C12H10F2N2O2. The van der Waals surface area contributed by atoms with E-state index in [2.05, 4.69) is 6.58 Å². The number of carbonyl (C=O) groups is 2. The molecule has 2 rings (SSSR count). The summed E-state index contributed by atoms with van der Waals surface area (Å²) >= 11 is 0. The Morgan fingerprint density at radius 1 is 1.28 bits per heavy atom. The second-order valence-corrected chi connectivity index (χ2v) is 3.96. The van der Waals surface area contributed by atoms with E-state index in [1.807, 2.05) is 0 Å². The summed E-state index contributed by atoms with van der Waals surface area (Å²) in [6.45, 7) is 3.76. The molecule has 0 bridgehead atoms. The van der Waals surface area contributed by atoms with Gasteiger partial charge >= 0.3 is 0 Å². The van der Waals surface area contributed by atoms with Gasteiger partial charge < -0.3 is 10.6 Å². The van der Waals surface area contributed by atoms with Crippen molar-refractivity contribution in [3.8, 4) is 0 Å². The van der Waals surface area contributed by atoms with E-state index in [9.17, 15) is 18.4 Å². The van der Waals surface area contributed by atoms with Gasteiger partial charge in [-0.25, -0.2) is 8.78 Å². The standard InChI is InChI=1S/C12H10F2N2O2/c1-6(4-15)5-16-10-3-9(14)8(13)2-7(10)11(17)12(16)18/h2-3H,1,4-5,15H2. The number of benzene rings is 1. The first-order chi connectivity index (χ1) is 8.45. The summed E-state index contributed by atoms with van der Waals surface area (Å²) in [7, 11) is 0. The summed E-state index contributed by atoms with van der Waals surface area (Å²) in [6.07, 6.45) is 0. The Kier molecular flexibility index (Phi) is 2.96. The summed E-state index contributed by atoms with van der Waals surface area (Å²) in [5.41, 5.74) is 5.77. The number of halogens is 2. The highest BCUT2D eigenvalue weighted by atomic mass is 19.2. The van der Waals surface area contributed by atoms with Crippen molar-refractivity contribution in [2.45, 2.75) is 0 Å². The molecule has 0 radical (unpaired) electrons. The molecule has 1 aromatic carbocycles. The monoisotopic (exact) mass is 252 g/mol. The topological polar surface area (TPSA) is 63.4 Å². The number of anilines is 1. The van der Waals surface area contributed by atoms with Gasteiger partial charge in [0.2, 0.25) is 0 Å². The minimum Gasteiger partial charge on any atom is -0.327 e. The third kappa shape index (κ3) is 1.80. The van der Waals surface area contributed by atoms with Crippen molar-refractivity contribution in [1.29, 1.82) is 0 Å². The van der Waals surface area contributed by atoms with Gasteiger partial charge in [0.05, 0.1) is 11.3 Å². The lowest BCUT2D eigenvalue weighted by molar-refractivity contribution is -0.114. The molecule has 0 aliphatic carbocycles. The van der Waals surface area contributed by atoms with Crippen LogP contribution in [0.5, 0.6) is 0 Å². The Bertz CT molecular complexity index is 569. The lowest BCUT2D eigenvalue weighted by atomic mass is 10.1. The second-order valence-electron chi connectivity index (χ2n) is 3.96. The fourth-order valence-corrected chi connectivity index (χ4v) is 1.73. The molecule has 18 heavy (non-hydrogen) atoms. The molecule has 0 unspecified atom stereocenters. The van der Waals surface area contributed by atoms with Crippen LogP contribution in [0.15, 0.2) is 24.3 Å². The van der Waals surface area contributed by atoms with E-state index >= 15 is 0 Å². The molecule has 0 saturated carbocycles. The maximum absolute atomic E-state index is 13.1. The number of carbonyl (C=O) groups excluding carboxylic acids is 2. The Hall–Kier alpha value is -2.08. The normalized spacial score (nSPS) is 14.1. The molecule has 0 fully saturated rings. The molecule has 1 aliphatic heterocycles. The Balaban J connectivity index is 2.48. The number of rotatable bonds is 3. The van der Waals surface area contributed by atoms with Gasteiger partial charge in [0, 0.05) is 19.2 Å². The van der Waals surface area contributed by atoms with Crippen LogP contribution < -0.4 is 10.6 Å². The Labute approximate surface area is 102 Å². The number of nitrogens with two attached hydrogens (primary N) is 1. The molecule has 94 valence electrons. The highest BCUT2D eigenvalue weighted by Crippen LogP contribution is 2.31. The van der Waals surface area contributed by atoms with Crippen LogP contribution in [0.25, 0.3) is 0 Å². The number of ketones is 1. The van der Waals surface area contributed by atoms with Crippen molar-refractivity contribution in [3.05, 3.63) is 41.5 Å². The average molecular weight is 252 g/mol. The van der Waals surface area contributed by atoms with Crippen LogP contribution in [-0.4, -0.2) is 24.8 Å². The number of amides is 1. The maximum atomic E-state index is 13.1. The van der Waals surface area contributed by atoms with Crippen molar-refractivity contribution in [3.63, 3.8) is 0 Å². The zero-order chi connectivity index (χ0) is 13.4. The highest BCUT2D eigenvalue weighted by molar-refractivity contribution is 6.52. The van der Waals surface area contributed by atoms with Crippen LogP contribution in [0.2, 0.25) is 0 Å². The lowest BCUT2D eigenvalue weighted by Crippen LogP contribution is -2.32. The zero-order valence-electron chi connectivity index (χ0n) is 9.37. The number of fused-ring (bicyclic) bond motifs is 1. The quantitative estimate of drug-likeness (QED) is 0.645. The van der Waals surface area contributed by atoms with Gasteiger partial charge in [-0.1, -0.05) is 6.58 Å². The fourth-order valence-electron chi connectivity index (χ4n) is 1.73. The van der Waals surface area contributed by atoms with Crippen LogP contribution in [0.4, 0.5) is 14.5 Å². The predicted molar refractivity (Wildman–Crippen MR) is 61.2 cm³/mol. The van der Waals surface area contributed by atoms with Gasteiger partial charge in [0.15, 0.2) is 11.6 Å². The molecule has 0 atom stereocenters. The fraction of sp³-hybridized carbons (Fsp3) is 0.167. The summed E-state index contributed by atoms with van der Waals surface area (Å²) in [5.74, 6) is -3.95. The summed E-state index contributed by atoms with van der Waals surface area (Å²) in [5, 5.41) is 0. The van der Waals surface area contributed by atoms with Gasteiger partial charge in [-0.3, -0.25) is 9.59 Å². The number of hydrogen-bond acceptors (Lipinski definition) is 3. The molecule has 1 heterocycles. The van der Waals surface area contributed by atoms with Crippen LogP contribution in [0.1, 0.15) is 10.4 Å². The van der Waals surface area contributed by atoms with Crippen LogP contribution in [0, 0.1) is 11.6 Å².